The molecule has 5 nitrogen and oxygen atoms in total. The Bertz CT molecular complexity index is 829. The van der Waals surface area contributed by atoms with E-state index in [1.807, 2.05) is 17.0 Å². The molecule has 0 bridgehead atoms. The van der Waals surface area contributed by atoms with Crippen molar-refractivity contribution in [3.63, 3.8) is 0 Å². The van der Waals surface area contributed by atoms with E-state index < -0.39 is 0 Å². The van der Waals surface area contributed by atoms with Gasteiger partial charge in [-0.3, -0.25) is 4.79 Å². The zero-order chi connectivity index (χ0) is 17.4. The third-order valence-electron chi connectivity index (χ3n) is 4.95. The number of fused-ring (bicyclic) bond motifs is 1. The van der Waals surface area contributed by atoms with Crippen molar-refractivity contribution in [3.8, 4) is 5.75 Å². The van der Waals surface area contributed by atoms with Crippen molar-refractivity contribution >= 4 is 11.6 Å². The van der Waals surface area contributed by atoms with Crippen molar-refractivity contribution in [2.24, 2.45) is 11.1 Å². The first-order valence-corrected chi connectivity index (χ1v) is 8.40. The number of benzene rings is 2. The Kier molecular flexibility index (Phi) is 3.92. The van der Waals surface area contributed by atoms with E-state index in [2.05, 4.69) is 24.2 Å². The minimum absolute atomic E-state index is 0.0183. The lowest BCUT2D eigenvalue weighted by atomic mass is 9.92. The second kappa shape index (κ2) is 6.24. The van der Waals surface area contributed by atoms with Crippen molar-refractivity contribution in [1.29, 1.82) is 0 Å². The van der Waals surface area contributed by atoms with E-state index in [9.17, 15) is 4.79 Å². The lowest BCUT2D eigenvalue weighted by Crippen LogP contribution is -2.30. The summed E-state index contributed by atoms with van der Waals surface area (Å²) in [4.78, 5) is 20.3. The minimum atomic E-state index is -0.0585. The van der Waals surface area contributed by atoms with Crippen LogP contribution in [0.25, 0.3) is 0 Å². The summed E-state index contributed by atoms with van der Waals surface area (Å²) >= 11 is 0. The van der Waals surface area contributed by atoms with Gasteiger partial charge in [0.05, 0.1) is 25.3 Å². The molecule has 0 N–H and O–H groups in total. The van der Waals surface area contributed by atoms with Crippen LogP contribution in [0.2, 0.25) is 0 Å². The van der Waals surface area contributed by atoms with Crippen LogP contribution in [0.15, 0.2) is 53.7 Å². The van der Waals surface area contributed by atoms with Gasteiger partial charge in [0.2, 0.25) is 0 Å². The van der Waals surface area contributed by atoms with Gasteiger partial charge in [-0.1, -0.05) is 29.4 Å². The second-order valence-electron chi connectivity index (χ2n) is 6.48. The smallest absolute Gasteiger partial charge is 0.254 e. The number of aryl methyl sites for hydroxylation is 1. The van der Waals surface area contributed by atoms with E-state index in [0.717, 1.165) is 17.0 Å². The number of carbonyl (C=O) groups is 1. The summed E-state index contributed by atoms with van der Waals surface area (Å²) in [6, 6.07) is 15.4. The van der Waals surface area contributed by atoms with E-state index >= 15 is 0 Å². The molecule has 0 radical (unpaired) electrons. The van der Waals surface area contributed by atoms with Gasteiger partial charge in [-0.2, -0.15) is 0 Å². The molecule has 2 unspecified atom stereocenters. The highest BCUT2D eigenvalue weighted by Crippen LogP contribution is 2.32. The zero-order valence-corrected chi connectivity index (χ0v) is 14.3. The number of methoxy groups -OCH3 is 1. The third kappa shape index (κ3) is 2.76. The number of amides is 1. The molecule has 2 aromatic carbocycles. The average molecular weight is 336 g/mol. The van der Waals surface area contributed by atoms with Crippen molar-refractivity contribution in [1.82, 2.24) is 4.90 Å². The molecule has 4 rings (SSSR count). The topological polar surface area (TPSA) is 51.1 Å². The first kappa shape index (κ1) is 15.7. The van der Waals surface area contributed by atoms with E-state index in [1.165, 1.54) is 5.56 Å². The molecule has 128 valence electrons. The molecule has 2 heterocycles. The van der Waals surface area contributed by atoms with Crippen LogP contribution in [-0.4, -0.2) is 42.8 Å². The number of hydrogen-bond donors (Lipinski definition) is 0. The van der Waals surface area contributed by atoms with Gasteiger partial charge in [0.15, 0.2) is 6.10 Å². The Morgan fingerprint density at radius 1 is 1.16 bits per heavy atom. The Hall–Kier alpha value is -2.82. The Balaban J connectivity index is 1.52. The van der Waals surface area contributed by atoms with Crippen LogP contribution < -0.4 is 4.74 Å². The van der Waals surface area contributed by atoms with Crippen LogP contribution in [0, 0.1) is 12.8 Å². The summed E-state index contributed by atoms with van der Waals surface area (Å²) in [7, 11) is 1.61. The Morgan fingerprint density at radius 2 is 1.92 bits per heavy atom. The maximum atomic E-state index is 12.8. The fraction of sp³-hybridized carbons (Fsp3) is 0.300. The van der Waals surface area contributed by atoms with Crippen LogP contribution in [-0.2, 0) is 4.84 Å². The highest BCUT2D eigenvalue weighted by molar-refractivity contribution is 6.05. The normalized spacial score (nSPS) is 21.5. The number of ether oxygens (including phenoxy) is 1. The van der Waals surface area contributed by atoms with Crippen molar-refractivity contribution in [2.45, 2.75) is 13.0 Å². The fourth-order valence-electron chi connectivity index (χ4n) is 3.53. The first-order chi connectivity index (χ1) is 12.2. The molecule has 1 fully saturated rings. The number of likely N-dealkylation sites (tertiary alicyclic amines) is 1. The predicted octanol–water partition coefficient (Wildman–Crippen LogP) is 2.88. The lowest BCUT2D eigenvalue weighted by molar-refractivity contribution is 0.0631. The molecule has 5 heteroatoms. The van der Waals surface area contributed by atoms with E-state index in [-0.39, 0.29) is 17.9 Å². The maximum Gasteiger partial charge on any atom is 0.254 e. The molecule has 2 aliphatic rings. The Morgan fingerprint density at radius 3 is 2.64 bits per heavy atom. The summed E-state index contributed by atoms with van der Waals surface area (Å²) in [5.41, 5.74) is 3.89. The number of hydrogen-bond acceptors (Lipinski definition) is 4. The van der Waals surface area contributed by atoms with Crippen LogP contribution >= 0.6 is 0 Å². The van der Waals surface area contributed by atoms with E-state index in [4.69, 9.17) is 9.57 Å². The SMILES string of the molecule is COc1ccc(C(=O)N2CC3ON=C(c4ccccc4C)C3C2)cc1. The van der Waals surface area contributed by atoms with Crippen LogP contribution in [0.5, 0.6) is 5.75 Å². The monoisotopic (exact) mass is 336 g/mol. The zero-order valence-electron chi connectivity index (χ0n) is 14.3. The molecule has 25 heavy (non-hydrogen) atoms. The summed E-state index contributed by atoms with van der Waals surface area (Å²) in [5, 5.41) is 4.30. The predicted molar refractivity (Wildman–Crippen MR) is 95.0 cm³/mol. The molecule has 2 atom stereocenters. The van der Waals surface area contributed by atoms with Gasteiger partial charge in [-0.15, -0.1) is 0 Å². The summed E-state index contributed by atoms with van der Waals surface area (Å²) in [6.45, 7) is 3.26. The molecule has 0 aromatic heterocycles. The molecule has 0 spiro atoms. The second-order valence-corrected chi connectivity index (χ2v) is 6.48. The minimum Gasteiger partial charge on any atom is -0.497 e. The van der Waals surface area contributed by atoms with Gasteiger partial charge in [0.25, 0.3) is 5.91 Å². The third-order valence-corrected chi connectivity index (χ3v) is 4.95. The summed E-state index contributed by atoms with van der Waals surface area (Å²) in [5.74, 6) is 0.889. The molecule has 0 aliphatic carbocycles. The number of rotatable bonds is 3. The molecule has 1 amide bonds. The standard InChI is InChI=1S/C20H20N2O3/c1-13-5-3-4-6-16(13)19-17-11-22(12-18(17)25-21-19)20(23)14-7-9-15(24-2)10-8-14/h3-10,17-18H,11-12H2,1-2H3. The van der Waals surface area contributed by atoms with Crippen molar-refractivity contribution in [3.05, 3.63) is 65.2 Å². The number of nitrogens with zero attached hydrogens (tertiary/aromatic N) is 2. The van der Waals surface area contributed by atoms with E-state index in [1.54, 1.807) is 31.4 Å². The fourth-order valence-corrected chi connectivity index (χ4v) is 3.53. The van der Waals surface area contributed by atoms with Gasteiger partial charge >= 0.3 is 0 Å². The van der Waals surface area contributed by atoms with Crippen LogP contribution in [0.4, 0.5) is 0 Å². The van der Waals surface area contributed by atoms with E-state index in [0.29, 0.717) is 18.7 Å². The van der Waals surface area contributed by atoms with Crippen molar-refractivity contribution in [2.75, 3.05) is 20.2 Å². The number of carbonyl (C=O) groups excluding carboxylic acids is 1. The van der Waals surface area contributed by atoms with Crippen LogP contribution in [0.1, 0.15) is 21.5 Å². The lowest BCUT2D eigenvalue weighted by Gasteiger charge is -2.17. The average Bonchev–Trinajstić information content (AvgIpc) is 3.22. The maximum absolute atomic E-state index is 12.8. The van der Waals surface area contributed by atoms with Gasteiger partial charge in [0, 0.05) is 17.7 Å². The number of oxime groups is 1. The summed E-state index contributed by atoms with van der Waals surface area (Å²) in [6.07, 6.45) is -0.0585. The molecular weight excluding hydrogens is 316 g/mol. The van der Waals surface area contributed by atoms with Crippen LogP contribution in [0.3, 0.4) is 0 Å². The van der Waals surface area contributed by atoms with Gasteiger partial charge in [-0.25, -0.2) is 0 Å². The largest absolute Gasteiger partial charge is 0.497 e. The molecule has 1 saturated heterocycles. The first-order valence-electron chi connectivity index (χ1n) is 8.40. The van der Waals surface area contributed by atoms with Gasteiger partial charge in [-0.05, 0) is 36.8 Å². The van der Waals surface area contributed by atoms with Crippen molar-refractivity contribution < 1.29 is 14.4 Å². The Labute approximate surface area is 146 Å². The molecule has 2 aliphatic heterocycles. The highest BCUT2D eigenvalue weighted by atomic mass is 16.6. The quantitative estimate of drug-likeness (QED) is 0.866. The highest BCUT2D eigenvalue weighted by Gasteiger charge is 2.44. The summed E-state index contributed by atoms with van der Waals surface area (Å²) < 4.78 is 5.15. The van der Waals surface area contributed by atoms with Gasteiger partial charge < -0.3 is 14.5 Å². The molecule has 0 saturated carbocycles. The van der Waals surface area contributed by atoms with Gasteiger partial charge in [0.1, 0.15) is 5.75 Å². The molecule has 2 aromatic rings. The molecular formula is C20H20N2O3.